The Hall–Kier alpha value is -1.68. The average Bonchev–Trinajstić information content (AvgIpc) is 3.09. The lowest BCUT2D eigenvalue weighted by atomic mass is 10.2. The maximum absolute atomic E-state index is 12.9. The van der Waals surface area contributed by atoms with Crippen LogP contribution in [0.4, 0.5) is 9.52 Å². The lowest BCUT2D eigenvalue weighted by molar-refractivity contribution is 0.597. The number of nitrogens with zero attached hydrogens (tertiary/aromatic N) is 2. The number of anilines is 1. The minimum Gasteiger partial charge on any atom is -0.356 e. The standard InChI is InChI=1S/C17H15ClFN3O2S3/c18-13-3-7-15(8-4-13)27(23,24)10-9-25-17-22-21-16(26-17)20-11-12-1-5-14(19)6-2-12/h1-8H,9-11H2,(H,20,21). The highest BCUT2D eigenvalue weighted by molar-refractivity contribution is 8.02. The van der Waals surface area contributed by atoms with Gasteiger partial charge in [0, 0.05) is 17.3 Å². The van der Waals surface area contributed by atoms with Crippen LogP contribution in [0.5, 0.6) is 0 Å². The van der Waals surface area contributed by atoms with Crippen molar-refractivity contribution in [2.24, 2.45) is 0 Å². The molecule has 0 aliphatic rings. The maximum Gasteiger partial charge on any atom is 0.206 e. The van der Waals surface area contributed by atoms with Crippen molar-refractivity contribution in [2.75, 3.05) is 16.8 Å². The van der Waals surface area contributed by atoms with E-state index in [0.29, 0.717) is 26.8 Å². The van der Waals surface area contributed by atoms with E-state index in [9.17, 15) is 12.8 Å². The molecule has 2 aromatic carbocycles. The SMILES string of the molecule is O=S(=O)(CCSc1nnc(NCc2ccc(F)cc2)s1)c1ccc(Cl)cc1. The molecule has 0 fully saturated rings. The molecule has 3 rings (SSSR count). The average molecular weight is 444 g/mol. The summed E-state index contributed by atoms with van der Waals surface area (Å²) in [5, 5.41) is 12.3. The second-order valence-corrected chi connectivity index (χ2v) is 10.3. The summed E-state index contributed by atoms with van der Waals surface area (Å²) in [5.41, 5.74) is 0.926. The van der Waals surface area contributed by atoms with E-state index in [2.05, 4.69) is 15.5 Å². The first-order valence-corrected chi connectivity index (χ1v) is 11.7. The third-order valence-electron chi connectivity index (χ3n) is 3.51. The van der Waals surface area contributed by atoms with Crippen LogP contribution in [-0.4, -0.2) is 30.1 Å². The first-order chi connectivity index (χ1) is 12.9. The van der Waals surface area contributed by atoms with Gasteiger partial charge < -0.3 is 5.32 Å². The third-order valence-corrected chi connectivity index (χ3v) is 7.77. The van der Waals surface area contributed by atoms with Gasteiger partial charge >= 0.3 is 0 Å². The molecule has 0 unspecified atom stereocenters. The number of nitrogens with one attached hydrogen (secondary N) is 1. The summed E-state index contributed by atoms with van der Waals surface area (Å²) in [6.07, 6.45) is 0. The Balaban J connectivity index is 1.49. The summed E-state index contributed by atoms with van der Waals surface area (Å²) >= 11 is 8.47. The van der Waals surface area contributed by atoms with Gasteiger partial charge in [-0.15, -0.1) is 10.2 Å². The predicted molar refractivity (Wildman–Crippen MR) is 108 cm³/mol. The van der Waals surface area contributed by atoms with E-state index in [-0.39, 0.29) is 16.5 Å². The van der Waals surface area contributed by atoms with Gasteiger partial charge in [0.25, 0.3) is 0 Å². The molecular weight excluding hydrogens is 429 g/mol. The summed E-state index contributed by atoms with van der Waals surface area (Å²) in [6, 6.07) is 12.3. The van der Waals surface area contributed by atoms with Crippen molar-refractivity contribution in [2.45, 2.75) is 15.8 Å². The Morgan fingerprint density at radius 2 is 1.78 bits per heavy atom. The topological polar surface area (TPSA) is 72.0 Å². The Labute approximate surface area is 169 Å². The van der Waals surface area contributed by atoms with Crippen LogP contribution in [0.2, 0.25) is 5.02 Å². The molecule has 0 atom stereocenters. The molecule has 1 N–H and O–H groups in total. The summed E-state index contributed by atoms with van der Waals surface area (Å²) in [4.78, 5) is 0.256. The molecule has 0 saturated heterocycles. The molecule has 0 radical (unpaired) electrons. The smallest absolute Gasteiger partial charge is 0.206 e. The van der Waals surface area contributed by atoms with Crippen LogP contribution in [-0.2, 0) is 16.4 Å². The monoisotopic (exact) mass is 443 g/mol. The highest BCUT2D eigenvalue weighted by Gasteiger charge is 2.15. The second-order valence-electron chi connectivity index (χ2n) is 5.47. The van der Waals surface area contributed by atoms with Crippen molar-refractivity contribution in [1.82, 2.24) is 10.2 Å². The van der Waals surface area contributed by atoms with Crippen molar-refractivity contribution in [3.63, 3.8) is 0 Å². The second kappa shape index (κ2) is 9.01. The number of benzene rings is 2. The lowest BCUT2D eigenvalue weighted by Gasteiger charge is -2.03. The van der Waals surface area contributed by atoms with E-state index in [4.69, 9.17) is 11.6 Å². The zero-order valence-corrected chi connectivity index (χ0v) is 17.1. The third kappa shape index (κ3) is 5.90. The van der Waals surface area contributed by atoms with E-state index in [1.54, 1.807) is 24.3 Å². The van der Waals surface area contributed by atoms with Crippen LogP contribution in [0.25, 0.3) is 0 Å². The molecule has 0 saturated carbocycles. The van der Waals surface area contributed by atoms with Gasteiger partial charge in [-0.25, -0.2) is 12.8 Å². The molecule has 0 bridgehead atoms. The van der Waals surface area contributed by atoms with Crippen LogP contribution >= 0.6 is 34.7 Å². The minimum atomic E-state index is -3.36. The van der Waals surface area contributed by atoms with Gasteiger partial charge in [0.05, 0.1) is 10.6 Å². The molecule has 10 heteroatoms. The Bertz CT molecular complexity index is 993. The van der Waals surface area contributed by atoms with Crippen LogP contribution < -0.4 is 5.32 Å². The van der Waals surface area contributed by atoms with Gasteiger partial charge in [0.2, 0.25) is 5.13 Å². The summed E-state index contributed by atoms with van der Waals surface area (Å²) in [5.74, 6) is 0.0938. The first-order valence-electron chi connectivity index (χ1n) is 7.85. The number of sulfone groups is 1. The minimum absolute atomic E-state index is 0.00276. The molecule has 0 amide bonds. The number of hydrogen-bond donors (Lipinski definition) is 1. The van der Waals surface area contributed by atoms with Gasteiger partial charge in [-0.2, -0.15) is 0 Å². The number of hydrogen-bond acceptors (Lipinski definition) is 7. The van der Waals surface area contributed by atoms with E-state index < -0.39 is 9.84 Å². The summed E-state index contributed by atoms with van der Waals surface area (Å²) < 4.78 is 38.2. The van der Waals surface area contributed by atoms with E-state index in [0.717, 1.165) is 5.56 Å². The van der Waals surface area contributed by atoms with Gasteiger partial charge in [0.15, 0.2) is 14.2 Å². The number of thioether (sulfide) groups is 1. The number of halogens is 2. The molecular formula is C17H15ClFN3O2S3. The molecule has 3 aromatic rings. The van der Waals surface area contributed by atoms with Crippen LogP contribution in [0.3, 0.4) is 0 Å². The molecule has 0 aliphatic heterocycles. The zero-order chi connectivity index (χ0) is 19.3. The van der Waals surface area contributed by atoms with Crippen LogP contribution in [0.1, 0.15) is 5.56 Å². The molecule has 27 heavy (non-hydrogen) atoms. The zero-order valence-electron chi connectivity index (χ0n) is 13.9. The fourth-order valence-electron chi connectivity index (χ4n) is 2.12. The van der Waals surface area contributed by atoms with Crippen molar-refractivity contribution < 1.29 is 12.8 Å². The van der Waals surface area contributed by atoms with Gasteiger partial charge in [-0.3, -0.25) is 0 Å². The summed E-state index contributed by atoms with van der Waals surface area (Å²) in [7, 11) is -3.36. The summed E-state index contributed by atoms with van der Waals surface area (Å²) in [6.45, 7) is 0.504. The maximum atomic E-state index is 12.9. The van der Waals surface area contributed by atoms with Crippen LogP contribution in [0.15, 0.2) is 57.8 Å². The van der Waals surface area contributed by atoms with Crippen molar-refractivity contribution in [1.29, 1.82) is 0 Å². The normalized spacial score (nSPS) is 11.5. The fraction of sp³-hybridized carbons (Fsp3) is 0.176. The van der Waals surface area contributed by atoms with Crippen molar-refractivity contribution in [3.8, 4) is 0 Å². The molecule has 0 aliphatic carbocycles. The van der Waals surface area contributed by atoms with Gasteiger partial charge in [-0.1, -0.05) is 46.8 Å². The predicted octanol–water partition coefficient (Wildman–Crippen LogP) is 4.51. The highest BCUT2D eigenvalue weighted by atomic mass is 35.5. The van der Waals surface area contributed by atoms with Crippen molar-refractivity contribution in [3.05, 3.63) is 64.9 Å². The number of aromatic nitrogens is 2. The Morgan fingerprint density at radius 3 is 2.48 bits per heavy atom. The molecule has 142 valence electrons. The molecule has 1 heterocycles. The molecule has 5 nitrogen and oxygen atoms in total. The largest absolute Gasteiger partial charge is 0.356 e. The van der Waals surface area contributed by atoms with Crippen LogP contribution in [0, 0.1) is 5.82 Å². The van der Waals surface area contributed by atoms with Gasteiger partial charge in [0.1, 0.15) is 5.82 Å². The highest BCUT2D eigenvalue weighted by Crippen LogP contribution is 2.26. The lowest BCUT2D eigenvalue weighted by Crippen LogP contribution is -2.08. The van der Waals surface area contributed by atoms with E-state index in [1.807, 2.05) is 0 Å². The van der Waals surface area contributed by atoms with Crippen molar-refractivity contribution >= 4 is 49.7 Å². The Morgan fingerprint density at radius 1 is 1.07 bits per heavy atom. The number of rotatable bonds is 8. The van der Waals surface area contributed by atoms with E-state index >= 15 is 0 Å². The fourth-order valence-corrected chi connectivity index (χ4v) is 5.71. The quantitative estimate of drug-likeness (QED) is 0.516. The first kappa shape index (κ1) is 20.1. The molecule has 0 spiro atoms. The Kier molecular flexibility index (Phi) is 6.69. The van der Waals surface area contributed by atoms with Gasteiger partial charge in [-0.05, 0) is 42.0 Å². The van der Waals surface area contributed by atoms with E-state index in [1.165, 1.54) is 47.4 Å². The molecule has 1 aromatic heterocycles.